The molecule has 0 radical (unpaired) electrons. The molecule has 0 heterocycles. The highest BCUT2D eigenvalue weighted by molar-refractivity contribution is 8.00. The van der Waals surface area contributed by atoms with Crippen LogP contribution in [-0.4, -0.2) is 30.3 Å². The van der Waals surface area contributed by atoms with Gasteiger partial charge in [-0.25, -0.2) is 0 Å². The maximum absolute atomic E-state index is 12.5. The van der Waals surface area contributed by atoms with E-state index in [0.29, 0.717) is 12.0 Å². The van der Waals surface area contributed by atoms with Crippen LogP contribution < -0.4 is 10.1 Å². The second-order valence-corrected chi connectivity index (χ2v) is 5.46. The van der Waals surface area contributed by atoms with Crippen molar-refractivity contribution < 1.29 is 23.0 Å². The highest BCUT2D eigenvalue weighted by Crippen LogP contribution is 2.45. The summed E-state index contributed by atoms with van der Waals surface area (Å²) in [5.41, 5.74) is -3.80. The van der Waals surface area contributed by atoms with Crippen LogP contribution in [0.1, 0.15) is 19.4 Å². The van der Waals surface area contributed by atoms with Crippen molar-refractivity contribution in [3.8, 4) is 11.5 Å². The van der Waals surface area contributed by atoms with E-state index in [1.807, 2.05) is 13.8 Å². The van der Waals surface area contributed by atoms with Gasteiger partial charge in [-0.3, -0.25) is 0 Å². The zero-order valence-electron chi connectivity index (χ0n) is 11.5. The minimum atomic E-state index is -4.42. The Hall–Kier alpha value is -1.08. The summed E-state index contributed by atoms with van der Waals surface area (Å²) in [6.45, 7) is 4.65. The van der Waals surface area contributed by atoms with Crippen LogP contribution in [0.5, 0.6) is 11.5 Å². The van der Waals surface area contributed by atoms with Gasteiger partial charge >= 0.3 is 5.51 Å². The fourth-order valence-corrected chi connectivity index (χ4v) is 2.68. The van der Waals surface area contributed by atoms with Crippen molar-refractivity contribution >= 4 is 11.8 Å². The summed E-state index contributed by atoms with van der Waals surface area (Å²) in [6.07, 6.45) is 0.525. The molecule has 0 saturated heterocycles. The lowest BCUT2D eigenvalue weighted by atomic mass is 10.1. The molecular weight excluding hydrogens is 291 g/mol. The zero-order valence-corrected chi connectivity index (χ0v) is 12.4. The Morgan fingerprint density at radius 1 is 1.40 bits per heavy atom. The Morgan fingerprint density at radius 2 is 2.05 bits per heavy atom. The number of thioether (sulfide) groups is 1. The van der Waals surface area contributed by atoms with Gasteiger partial charge in [0.2, 0.25) is 0 Å². The van der Waals surface area contributed by atoms with Gasteiger partial charge in [-0.1, -0.05) is 6.92 Å². The van der Waals surface area contributed by atoms with Crippen LogP contribution in [0, 0.1) is 0 Å². The van der Waals surface area contributed by atoms with Crippen molar-refractivity contribution in [2.24, 2.45) is 0 Å². The number of phenolic OH excluding ortho intramolecular Hbond substituents is 1. The number of aromatic hydroxyl groups is 1. The van der Waals surface area contributed by atoms with E-state index in [1.54, 1.807) is 0 Å². The summed E-state index contributed by atoms with van der Waals surface area (Å²) < 4.78 is 42.4. The molecule has 2 N–H and O–H groups in total. The molecule has 7 heteroatoms. The standard InChI is InChI=1S/C13H18F3NO2S/c1-4-17-8(2)5-9-6-10(18)12(19-3)11(7-9)20-13(14,15)16/h6-8,17-18H,4-5H2,1-3H3. The predicted molar refractivity (Wildman–Crippen MR) is 73.4 cm³/mol. The average Bonchev–Trinajstić information content (AvgIpc) is 2.26. The van der Waals surface area contributed by atoms with Gasteiger partial charge < -0.3 is 15.2 Å². The summed E-state index contributed by atoms with van der Waals surface area (Å²) in [5.74, 6) is -0.423. The van der Waals surface area contributed by atoms with Crippen LogP contribution in [0.15, 0.2) is 17.0 Å². The minimum absolute atomic E-state index is 0.108. The van der Waals surface area contributed by atoms with E-state index in [9.17, 15) is 18.3 Å². The van der Waals surface area contributed by atoms with E-state index in [4.69, 9.17) is 4.74 Å². The predicted octanol–water partition coefficient (Wildman–Crippen LogP) is 3.55. The molecule has 20 heavy (non-hydrogen) atoms. The van der Waals surface area contributed by atoms with Crippen molar-refractivity contribution in [1.82, 2.24) is 5.32 Å². The summed E-state index contributed by atoms with van der Waals surface area (Å²) in [6, 6.07) is 2.95. The van der Waals surface area contributed by atoms with E-state index in [0.717, 1.165) is 6.54 Å². The fraction of sp³-hybridized carbons (Fsp3) is 0.538. The first-order chi connectivity index (χ1) is 9.26. The molecule has 3 nitrogen and oxygen atoms in total. The van der Waals surface area contributed by atoms with Crippen LogP contribution in [0.3, 0.4) is 0 Å². The number of methoxy groups -OCH3 is 1. The summed E-state index contributed by atoms with van der Waals surface area (Å²) in [4.78, 5) is -0.126. The third-order valence-corrected chi connectivity index (χ3v) is 3.37. The van der Waals surface area contributed by atoms with Crippen LogP contribution in [-0.2, 0) is 6.42 Å². The largest absolute Gasteiger partial charge is 0.504 e. The molecule has 114 valence electrons. The van der Waals surface area contributed by atoms with Gasteiger partial charge in [0.1, 0.15) is 0 Å². The SMILES string of the molecule is CCNC(C)Cc1cc(O)c(OC)c(SC(F)(F)F)c1. The Kier molecular flexibility index (Phi) is 6.01. The molecular formula is C13H18F3NO2S. The quantitative estimate of drug-likeness (QED) is 0.789. The topological polar surface area (TPSA) is 41.5 Å². The van der Waals surface area contributed by atoms with Crippen molar-refractivity contribution in [2.45, 2.75) is 36.7 Å². The molecule has 0 bridgehead atoms. The number of ether oxygens (including phenoxy) is 1. The van der Waals surface area contributed by atoms with E-state index < -0.39 is 5.51 Å². The lowest BCUT2D eigenvalue weighted by Crippen LogP contribution is -2.27. The van der Waals surface area contributed by atoms with E-state index >= 15 is 0 Å². The number of alkyl halides is 3. The Bertz CT molecular complexity index is 452. The van der Waals surface area contributed by atoms with Crippen molar-refractivity contribution in [2.75, 3.05) is 13.7 Å². The molecule has 1 atom stereocenters. The maximum Gasteiger partial charge on any atom is 0.446 e. The number of likely N-dealkylation sites (N-methyl/N-ethyl adjacent to an activating group) is 1. The number of benzene rings is 1. The maximum atomic E-state index is 12.5. The molecule has 1 unspecified atom stereocenters. The smallest absolute Gasteiger partial charge is 0.446 e. The van der Waals surface area contributed by atoms with Crippen molar-refractivity contribution in [1.29, 1.82) is 0 Å². The second kappa shape index (κ2) is 7.08. The zero-order chi connectivity index (χ0) is 15.3. The molecule has 0 aliphatic rings. The number of hydrogen-bond donors (Lipinski definition) is 2. The van der Waals surface area contributed by atoms with Crippen molar-refractivity contribution in [3.63, 3.8) is 0 Å². The molecule has 0 saturated carbocycles. The number of phenols is 1. The first-order valence-electron chi connectivity index (χ1n) is 6.15. The Balaban J connectivity index is 3.04. The minimum Gasteiger partial charge on any atom is -0.504 e. The number of nitrogens with one attached hydrogen (secondary N) is 1. The molecule has 0 aliphatic carbocycles. The Morgan fingerprint density at radius 3 is 2.55 bits per heavy atom. The lowest BCUT2D eigenvalue weighted by Gasteiger charge is -2.16. The number of halogens is 3. The molecule has 0 spiro atoms. The van der Waals surface area contributed by atoms with Crippen LogP contribution in [0.25, 0.3) is 0 Å². The van der Waals surface area contributed by atoms with Gasteiger partial charge in [-0.15, -0.1) is 0 Å². The first-order valence-corrected chi connectivity index (χ1v) is 6.97. The summed E-state index contributed by atoms with van der Waals surface area (Å²) in [5, 5.41) is 13.0. The van der Waals surface area contributed by atoms with E-state index in [-0.39, 0.29) is 34.2 Å². The fourth-order valence-electron chi connectivity index (χ4n) is 1.94. The second-order valence-electron chi connectivity index (χ2n) is 4.36. The number of hydrogen-bond acceptors (Lipinski definition) is 4. The van der Waals surface area contributed by atoms with E-state index in [2.05, 4.69) is 5.32 Å². The third kappa shape index (κ3) is 5.13. The highest BCUT2D eigenvalue weighted by atomic mass is 32.2. The summed E-state index contributed by atoms with van der Waals surface area (Å²) in [7, 11) is 1.23. The van der Waals surface area contributed by atoms with Gasteiger partial charge in [0.15, 0.2) is 11.5 Å². The molecule has 1 aromatic carbocycles. The van der Waals surface area contributed by atoms with Gasteiger partial charge in [0.05, 0.1) is 12.0 Å². The monoisotopic (exact) mass is 309 g/mol. The number of rotatable bonds is 6. The molecule has 1 aromatic rings. The van der Waals surface area contributed by atoms with Gasteiger partial charge in [0.25, 0.3) is 0 Å². The molecule has 1 rings (SSSR count). The van der Waals surface area contributed by atoms with Gasteiger partial charge in [-0.05, 0) is 49.3 Å². The van der Waals surface area contributed by atoms with Crippen LogP contribution >= 0.6 is 11.8 Å². The van der Waals surface area contributed by atoms with Crippen LogP contribution in [0.2, 0.25) is 0 Å². The van der Waals surface area contributed by atoms with E-state index in [1.165, 1.54) is 19.2 Å². The lowest BCUT2D eigenvalue weighted by molar-refractivity contribution is -0.0328. The van der Waals surface area contributed by atoms with Crippen LogP contribution in [0.4, 0.5) is 13.2 Å². The third-order valence-electron chi connectivity index (χ3n) is 2.62. The highest BCUT2D eigenvalue weighted by Gasteiger charge is 2.32. The molecule has 0 fully saturated rings. The first kappa shape index (κ1) is 17.0. The van der Waals surface area contributed by atoms with Gasteiger partial charge in [-0.2, -0.15) is 13.2 Å². The average molecular weight is 309 g/mol. The molecule has 0 aliphatic heterocycles. The molecule has 0 aromatic heterocycles. The molecule has 0 amide bonds. The van der Waals surface area contributed by atoms with Gasteiger partial charge in [0, 0.05) is 6.04 Å². The van der Waals surface area contributed by atoms with Crippen molar-refractivity contribution in [3.05, 3.63) is 17.7 Å². The normalized spacial score (nSPS) is 13.3. The Labute approximate surface area is 120 Å². The summed E-state index contributed by atoms with van der Waals surface area (Å²) >= 11 is -0.285.